The fourth-order valence-electron chi connectivity index (χ4n) is 0.874. The molecule has 0 saturated heterocycles. The molecule has 1 aromatic carbocycles. The zero-order valence-electron chi connectivity index (χ0n) is 8.54. The Morgan fingerprint density at radius 1 is 1.25 bits per heavy atom. The van der Waals surface area contributed by atoms with E-state index in [-0.39, 0.29) is 12.4 Å². The van der Waals surface area contributed by atoms with Crippen molar-refractivity contribution in [2.75, 3.05) is 20.3 Å². The van der Waals surface area contributed by atoms with Crippen molar-refractivity contribution < 1.29 is 19.0 Å². The maximum Gasteiger partial charge on any atom is 0.513 e. The molecule has 0 unspecified atom stereocenters. The molecule has 0 fully saturated rings. The highest BCUT2D eigenvalue weighted by atomic mass is 35.5. The Morgan fingerprint density at radius 2 is 2.00 bits per heavy atom. The van der Waals surface area contributed by atoms with Gasteiger partial charge in [-0.3, -0.25) is 0 Å². The lowest BCUT2D eigenvalue weighted by Gasteiger charge is -2.05. The summed E-state index contributed by atoms with van der Waals surface area (Å²) in [6.45, 7) is 0.452. The molecular weight excluding hydrogens is 255 g/mol. The van der Waals surface area contributed by atoms with Crippen LogP contribution in [-0.4, -0.2) is 26.5 Å². The number of rotatable bonds is 4. The Morgan fingerprint density at radius 3 is 2.62 bits per heavy atom. The Balaban J connectivity index is 2.46. The number of hydrogen-bond donors (Lipinski definition) is 0. The van der Waals surface area contributed by atoms with Gasteiger partial charge in [-0.25, -0.2) is 4.79 Å². The SMILES string of the molecule is COCCOC(=O)Oc1ccc(Cl)c(Cl)c1. The molecule has 0 atom stereocenters. The first-order valence-electron chi connectivity index (χ1n) is 4.42. The molecule has 0 bridgehead atoms. The monoisotopic (exact) mass is 264 g/mol. The van der Waals surface area contributed by atoms with Crippen LogP contribution in [0.4, 0.5) is 4.79 Å². The van der Waals surface area contributed by atoms with Crippen LogP contribution in [0.25, 0.3) is 0 Å². The van der Waals surface area contributed by atoms with Gasteiger partial charge < -0.3 is 14.2 Å². The van der Waals surface area contributed by atoms with Gasteiger partial charge in [-0.05, 0) is 12.1 Å². The maximum atomic E-state index is 11.1. The van der Waals surface area contributed by atoms with E-state index >= 15 is 0 Å². The summed E-state index contributed by atoms with van der Waals surface area (Å²) in [5, 5.41) is 0.700. The van der Waals surface area contributed by atoms with Crippen LogP contribution in [-0.2, 0) is 9.47 Å². The summed E-state index contributed by atoms with van der Waals surface area (Å²) in [5.74, 6) is 0.275. The van der Waals surface area contributed by atoms with Gasteiger partial charge in [0.2, 0.25) is 0 Å². The average Bonchev–Trinajstić information content (AvgIpc) is 2.24. The molecule has 0 aliphatic heterocycles. The predicted molar refractivity (Wildman–Crippen MR) is 60.3 cm³/mol. The van der Waals surface area contributed by atoms with Crippen LogP contribution >= 0.6 is 23.2 Å². The van der Waals surface area contributed by atoms with E-state index in [1.807, 2.05) is 0 Å². The zero-order chi connectivity index (χ0) is 12.0. The van der Waals surface area contributed by atoms with E-state index in [2.05, 4.69) is 0 Å². The van der Waals surface area contributed by atoms with Gasteiger partial charge in [-0.2, -0.15) is 0 Å². The Kier molecular flexibility index (Phi) is 5.38. The van der Waals surface area contributed by atoms with E-state index < -0.39 is 6.16 Å². The first kappa shape index (κ1) is 13.1. The van der Waals surface area contributed by atoms with Crippen molar-refractivity contribution in [3.63, 3.8) is 0 Å². The van der Waals surface area contributed by atoms with E-state index in [4.69, 9.17) is 37.4 Å². The standard InChI is InChI=1S/C10H10Cl2O4/c1-14-4-5-15-10(13)16-7-2-3-8(11)9(12)6-7/h2-3,6H,4-5H2,1H3. The second kappa shape index (κ2) is 6.58. The number of benzene rings is 1. The molecule has 1 aromatic rings. The van der Waals surface area contributed by atoms with Gasteiger partial charge in [0.1, 0.15) is 12.4 Å². The van der Waals surface area contributed by atoms with Gasteiger partial charge in [0.25, 0.3) is 0 Å². The quantitative estimate of drug-likeness (QED) is 0.476. The van der Waals surface area contributed by atoms with E-state index in [0.717, 1.165) is 0 Å². The normalized spacial score (nSPS) is 9.94. The highest BCUT2D eigenvalue weighted by molar-refractivity contribution is 6.42. The lowest BCUT2D eigenvalue weighted by molar-refractivity contribution is 0.0685. The van der Waals surface area contributed by atoms with Crippen LogP contribution in [0.5, 0.6) is 5.75 Å². The average molecular weight is 265 g/mol. The second-order valence-corrected chi connectivity index (χ2v) is 3.58. The van der Waals surface area contributed by atoms with Crippen molar-refractivity contribution in [1.29, 1.82) is 0 Å². The molecule has 0 aromatic heterocycles. The number of hydrogen-bond acceptors (Lipinski definition) is 4. The van der Waals surface area contributed by atoms with Gasteiger partial charge in [0.15, 0.2) is 0 Å². The molecule has 6 heteroatoms. The minimum Gasteiger partial charge on any atom is -0.432 e. The third kappa shape index (κ3) is 4.26. The lowest BCUT2D eigenvalue weighted by Crippen LogP contribution is -2.13. The van der Waals surface area contributed by atoms with Crippen LogP contribution in [0.3, 0.4) is 0 Å². The van der Waals surface area contributed by atoms with Crippen LogP contribution in [0.2, 0.25) is 10.0 Å². The molecule has 0 amide bonds. The summed E-state index contributed by atoms with van der Waals surface area (Å²) in [4.78, 5) is 11.1. The van der Waals surface area contributed by atoms with Crippen molar-refractivity contribution in [2.45, 2.75) is 0 Å². The molecule has 88 valence electrons. The van der Waals surface area contributed by atoms with E-state index in [1.54, 1.807) is 0 Å². The third-order valence-corrected chi connectivity index (χ3v) is 2.34. The van der Waals surface area contributed by atoms with Crippen LogP contribution in [0, 0.1) is 0 Å². The third-order valence-electron chi connectivity index (χ3n) is 1.60. The summed E-state index contributed by atoms with van der Waals surface area (Å²) in [6, 6.07) is 4.48. The highest BCUT2D eigenvalue weighted by Crippen LogP contribution is 2.26. The van der Waals surface area contributed by atoms with Crippen LogP contribution in [0.1, 0.15) is 0 Å². The largest absolute Gasteiger partial charge is 0.513 e. The first-order chi connectivity index (χ1) is 7.63. The molecule has 1 rings (SSSR count). The summed E-state index contributed by atoms with van der Waals surface area (Å²) in [7, 11) is 1.51. The van der Waals surface area contributed by atoms with Crippen LogP contribution < -0.4 is 4.74 Å². The minimum atomic E-state index is -0.810. The van der Waals surface area contributed by atoms with E-state index in [1.165, 1.54) is 25.3 Å². The molecule has 16 heavy (non-hydrogen) atoms. The van der Waals surface area contributed by atoms with Gasteiger partial charge in [0.05, 0.1) is 16.7 Å². The first-order valence-corrected chi connectivity index (χ1v) is 5.17. The predicted octanol–water partition coefficient (Wildman–Crippen LogP) is 3.16. The molecule has 0 heterocycles. The van der Waals surface area contributed by atoms with Crippen molar-refractivity contribution >= 4 is 29.4 Å². The Labute approximate surface area is 103 Å². The molecule has 0 N–H and O–H groups in total. The number of ether oxygens (including phenoxy) is 3. The molecule has 4 nitrogen and oxygen atoms in total. The summed E-state index contributed by atoms with van der Waals surface area (Å²) in [6.07, 6.45) is -0.810. The molecule has 0 aliphatic rings. The summed E-state index contributed by atoms with van der Waals surface area (Å²) < 4.78 is 14.2. The van der Waals surface area contributed by atoms with Crippen molar-refractivity contribution in [3.8, 4) is 5.75 Å². The van der Waals surface area contributed by atoms with Gasteiger partial charge >= 0.3 is 6.16 Å². The van der Waals surface area contributed by atoms with Gasteiger partial charge in [-0.1, -0.05) is 23.2 Å². The van der Waals surface area contributed by atoms with E-state index in [0.29, 0.717) is 16.7 Å². The molecule has 0 aliphatic carbocycles. The summed E-state index contributed by atoms with van der Waals surface area (Å²) >= 11 is 11.4. The smallest absolute Gasteiger partial charge is 0.432 e. The lowest BCUT2D eigenvalue weighted by atomic mass is 10.3. The number of carbonyl (C=O) groups excluding carboxylic acids is 1. The Bertz CT molecular complexity index is 368. The van der Waals surface area contributed by atoms with Crippen molar-refractivity contribution in [2.24, 2.45) is 0 Å². The second-order valence-electron chi connectivity index (χ2n) is 2.77. The molecular formula is C10H10Cl2O4. The zero-order valence-corrected chi connectivity index (χ0v) is 10.0. The maximum absolute atomic E-state index is 11.1. The van der Waals surface area contributed by atoms with Gasteiger partial charge in [-0.15, -0.1) is 0 Å². The molecule has 0 saturated carbocycles. The topological polar surface area (TPSA) is 44.8 Å². The number of methoxy groups -OCH3 is 1. The molecule has 0 spiro atoms. The fourth-order valence-corrected chi connectivity index (χ4v) is 1.16. The van der Waals surface area contributed by atoms with Crippen molar-refractivity contribution in [3.05, 3.63) is 28.2 Å². The summed E-state index contributed by atoms with van der Waals surface area (Å²) in [5.41, 5.74) is 0. The fraction of sp³-hybridized carbons (Fsp3) is 0.300. The Hall–Kier alpha value is -0.970. The number of carbonyl (C=O) groups is 1. The van der Waals surface area contributed by atoms with E-state index in [9.17, 15) is 4.79 Å². The van der Waals surface area contributed by atoms with Crippen molar-refractivity contribution in [1.82, 2.24) is 0 Å². The highest BCUT2D eigenvalue weighted by Gasteiger charge is 2.07. The van der Waals surface area contributed by atoms with Gasteiger partial charge in [0, 0.05) is 13.2 Å². The van der Waals surface area contributed by atoms with Crippen LogP contribution in [0.15, 0.2) is 18.2 Å². The minimum absolute atomic E-state index is 0.136. The number of halogens is 2. The molecule has 0 radical (unpaired) electrons.